The zero-order valence-electron chi connectivity index (χ0n) is 11.0. The highest BCUT2D eigenvalue weighted by molar-refractivity contribution is 5.91. The third-order valence-corrected chi connectivity index (χ3v) is 2.40. The molecule has 0 bridgehead atoms. The highest BCUT2D eigenvalue weighted by atomic mass is 16.1. The van der Waals surface area contributed by atoms with Gasteiger partial charge in [0.15, 0.2) is 5.82 Å². The molecule has 1 heterocycles. The van der Waals surface area contributed by atoms with Crippen LogP contribution in [0.25, 0.3) is 0 Å². The van der Waals surface area contributed by atoms with Crippen LogP contribution in [0.3, 0.4) is 0 Å². The molecule has 0 fully saturated rings. The minimum Gasteiger partial charge on any atom is -0.330 e. The molecule has 0 aliphatic carbocycles. The molecule has 4 N–H and O–H groups in total. The molecule has 1 amide bonds. The van der Waals surface area contributed by atoms with Crippen LogP contribution >= 0.6 is 0 Å². The number of aromatic nitrogens is 2. The first-order valence-corrected chi connectivity index (χ1v) is 5.87. The van der Waals surface area contributed by atoms with Gasteiger partial charge in [0.25, 0.3) is 0 Å². The first-order chi connectivity index (χ1) is 7.81. The lowest BCUT2D eigenvalue weighted by Gasteiger charge is -2.15. The number of nitrogens with two attached hydrogens (primary N) is 1. The van der Waals surface area contributed by atoms with E-state index in [-0.39, 0.29) is 17.2 Å². The van der Waals surface area contributed by atoms with Gasteiger partial charge in [0.05, 0.1) is 0 Å². The number of rotatable bonds is 4. The van der Waals surface area contributed by atoms with Gasteiger partial charge in [-0.15, -0.1) is 0 Å². The van der Waals surface area contributed by atoms with Gasteiger partial charge < -0.3 is 11.1 Å². The highest BCUT2D eigenvalue weighted by Gasteiger charge is 2.15. The Hall–Kier alpha value is -1.36. The number of aromatic amines is 1. The van der Waals surface area contributed by atoms with Crippen LogP contribution < -0.4 is 11.1 Å². The van der Waals surface area contributed by atoms with Gasteiger partial charge in [-0.3, -0.25) is 9.89 Å². The van der Waals surface area contributed by atoms with Gasteiger partial charge in [-0.1, -0.05) is 27.7 Å². The molecule has 1 unspecified atom stereocenters. The van der Waals surface area contributed by atoms with Crippen LogP contribution in [0.4, 0.5) is 5.82 Å². The predicted molar refractivity (Wildman–Crippen MR) is 68.6 cm³/mol. The van der Waals surface area contributed by atoms with E-state index < -0.39 is 0 Å². The average molecular weight is 238 g/mol. The zero-order chi connectivity index (χ0) is 13.1. The molecule has 0 radical (unpaired) electrons. The van der Waals surface area contributed by atoms with Crippen LogP contribution in [0.15, 0.2) is 6.07 Å². The van der Waals surface area contributed by atoms with Crippen molar-refractivity contribution in [3.8, 4) is 0 Å². The third kappa shape index (κ3) is 4.56. The summed E-state index contributed by atoms with van der Waals surface area (Å²) in [7, 11) is 0. The Kier molecular flexibility index (Phi) is 4.28. The van der Waals surface area contributed by atoms with Crippen molar-refractivity contribution in [1.29, 1.82) is 0 Å². The smallest absolute Gasteiger partial charge is 0.229 e. The summed E-state index contributed by atoms with van der Waals surface area (Å²) >= 11 is 0. The Bertz CT molecular complexity index is 378. The van der Waals surface area contributed by atoms with Crippen LogP contribution in [0.1, 0.15) is 33.4 Å². The third-order valence-electron chi connectivity index (χ3n) is 2.40. The normalized spacial score (nSPS) is 13.5. The number of nitrogens with zero attached hydrogens (tertiary/aromatic N) is 1. The van der Waals surface area contributed by atoms with Crippen LogP contribution in [0.5, 0.6) is 0 Å². The SMILES string of the molecule is CC(CN)C(=O)Nc1cc(CC(C)(C)C)[nH]n1. The van der Waals surface area contributed by atoms with Crippen molar-refractivity contribution in [2.45, 2.75) is 34.1 Å². The zero-order valence-corrected chi connectivity index (χ0v) is 11.0. The Morgan fingerprint density at radius 2 is 2.24 bits per heavy atom. The van der Waals surface area contributed by atoms with Crippen LogP contribution in [0.2, 0.25) is 0 Å². The van der Waals surface area contributed by atoms with Crippen molar-refractivity contribution in [1.82, 2.24) is 10.2 Å². The summed E-state index contributed by atoms with van der Waals surface area (Å²) in [6.07, 6.45) is 0.891. The van der Waals surface area contributed by atoms with Crippen LogP contribution in [0, 0.1) is 11.3 Å². The molecule has 5 heteroatoms. The topological polar surface area (TPSA) is 83.8 Å². The lowest BCUT2D eigenvalue weighted by molar-refractivity contribution is -0.119. The van der Waals surface area contributed by atoms with E-state index in [0.29, 0.717) is 12.4 Å². The van der Waals surface area contributed by atoms with Gasteiger partial charge in [-0.25, -0.2) is 0 Å². The van der Waals surface area contributed by atoms with E-state index in [1.165, 1.54) is 0 Å². The number of hydrogen-bond donors (Lipinski definition) is 3. The van der Waals surface area contributed by atoms with Gasteiger partial charge in [-0.05, 0) is 11.8 Å². The van der Waals surface area contributed by atoms with Gasteiger partial charge in [0.1, 0.15) is 0 Å². The minimum atomic E-state index is -0.197. The second-order valence-corrected chi connectivity index (χ2v) is 5.64. The van der Waals surface area contributed by atoms with Crippen molar-refractivity contribution in [3.05, 3.63) is 11.8 Å². The van der Waals surface area contributed by atoms with Gasteiger partial charge in [-0.2, -0.15) is 5.10 Å². The summed E-state index contributed by atoms with van der Waals surface area (Å²) in [5.41, 5.74) is 6.64. The van der Waals surface area contributed by atoms with E-state index in [0.717, 1.165) is 12.1 Å². The van der Waals surface area contributed by atoms with E-state index in [1.54, 1.807) is 6.92 Å². The Labute approximate surface area is 102 Å². The van der Waals surface area contributed by atoms with E-state index in [1.807, 2.05) is 6.07 Å². The Morgan fingerprint density at radius 1 is 1.59 bits per heavy atom. The molecular weight excluding hydrogens is 216 g/mol. The molecule has 1 atom stereocenters. The van der Waals surface area contributed by atoms with Crippen molar-refractivity contribution in [2.75, 3.05) is 11.9 Å². The molecule has 0 aromatic carbocycles. The number of anilines is 1. The molecule has 5 nitrogen and oxygen atoms in total. The fraction of sp³-hybridized carbons (Fsp3) is 0.667. The van der Waals surface area contributed by atoms with E-state index >= 15 is 0 Å². The summed E-state index contributed by atoms with van der Waals surface area (Å²) in [5, 5.41) is 9.73. The molecule has 0 saturated carbocycles. The monoisotopic (exact) mass is 238 g/mol. The van der Waals surface area contributed by atoms with E-state index in [9.17, 15) is 4.79 Å². The van der Waals surface area contributed by atoms with Gasteiger partial charge >= 0.3 is 0 Å². The first kappa shape index (κ1) is 13.7. The van der Waals surface area contributed by atoms with Gasteiger partial charge in [0.2, 0.25) is 5.91 Å². The second-order valence-electron chi connectivity index (χ2n) is 5.64. The molecule has 1 rings (SSSR count). The summed E-state index contributed by atoms with van der Waals surface area (Å²) in [5.74, 6) is 0.272. The standard InChI is InChI=1S/C12H22N4O/c1-8(7-13)11(17)14-10-5-9(15-16-10)6-12(2,3)4/h5,8H,6-7,13H2,1-4H3,(H2,14,15,16,17). The first-order valence-electron chi connectivity index (χ1n) is 5.87. The molecule has 96 valence electrons. The minimum absolute atomic E-state index is 0.0960. The molecule has 1 aromatic heterocycles. The number of carbonyl (C=O) groups excluding carboxylic acids is 1. The predicted octanol–water partition coefficient (Wildman–Crippen LogP) is 1.53. The maximum absolute atomic E-state index is 11.6. The summed E-state index contributed by atoms with van der Waals surface area (Å²) in [6.45, 7) is 8.59. The number of H-pyrrole nitrogens is 1. The molecule has 0 saturated heterocycles. The van der Waals surface area contributed by atoms with Crippen LogP contribution in [-0.2, 0) is 11.2 Å². The fourth-order valence-electron chi connectivity index (χ4n) is 1.44. The quantitative estimate of drug-likeness (QED) is 0.743. The number of amides is 1. The fourth-order valence-corrected chi connectivity index (χ4v) is 1.44. The summed E-state index contributed by atoms with van der Waals surface area (Å²) < 4.78 is 0. The maximum atomic E-state index is 11.6. The Morgan fingerprint density at radius 3 is 2.76 bits per heavy atom. The van der Waals surface area contributed by atoms with Crippen LogP contribution in [-0.4, -0.2) is 22.6 Å². The molecular formula is C12H22N4O. The summed E-state index contributed by atoms with van der Waals surface area (Å²) in [4.78, 5) is 11.6. The van der Waals surface area contributed by atoms with E-state index in [4.69, 9.17) is 5.73 Å². The lowest BCUT2D eigenvalue weighted by atomic mass is 9.91. The molecule has 0 spiro atoms. The molecule has 17 heavy (non-hydrogen) atoms. The van der Waals surface area contributed by atoms with Crippen molar-refractivity contribution in [2.24, 2.45) is 17.1 Å². The highest BCUT2D eigenvalue weighted by Crippen LogP contribution is 2.20. The Balaban J connectivity index is 2.60. The average Bonchev–Trinajstić information content (AvgIpc) is 2.61. The second kappa shape index (κ2) is 5.31. The number of nitrogens with one attached hydrogen (secondary N) is 2. The van der Waals surface area contributed by atoms with Crippen molar-refractivity contribution in [3.63, 3.8) is 0 Å². The number of carbonyl (C=O) groups is 1. The van der Waals surface area contributed by atoms with E-state index in [2.05, 4.69) is 36.3 Å². The number of hydrogen-bond acceptors (Lipinski definition) is 3. The van der Waals surface area contributed by atoms with Gasteiger partial charge in [0, 0.05) is 24.2 Å². The molecule has 1 aromatic rings. The largest absolute Gasteiger partial charge is 0.330 e. The summed E-state index contributed by atoms with van der Waals surface area (Å²) in [6, 6.07) is 1.87. The van der Waals surface area contributed by atoms with Crippen molar-refractivity contribution < 1.29 is 4.79 Å². The molecule has 0 aliphatic rings. The van der Waals surface area contributed by atoms with Crippen molar-refractivity contribution >= 4 is 11.7 Å². The lowest BCUT2D eigenvalue weighted by Crippen LogP contribution is -2.26. The molecule has 0 aliphatic heterocycles. The maximum Gasteiger partial charge on any atom is 0.229 e.